The van der Waals surface area contributed by atoms with Crippen molar-refractivity contribution in [3.05, 3.63) is 71.8 Å². The molecule has 0 amide bonds. The molecule has 2 rings (SSSR count). The van der Waals surface area contributed by atoms with Gasteiger partial charge in [0.05, 0.1) is 12.0 Å². The van der Waals surface area contributed by atoms with Crippen molar-refractivity contribution in [2.45, 2.75) is 18.9 Å². The largest absolute Gasteiger partial charge is 0.548 e. The normalized spacial score (nSPS) is 12.7. The first kappa shape index (κ1) is 16.6. The molecular formula is C19H19N2O2-. The second-order valence-corrected chi connectivity index (χ2v) is 5.11. The standard InChI is InChI=1S/C19H20N2O2/c22-19(23)18(21-15-17-10-5-2-6-11-17)12-7-13-20-14-16-8-3-1-4-9-16/h1-6,8-11,14-15,18H,7,12-13H2,(H,22,23)/p-1. The van der Waals surface area contributed by atoms with E-state index in [2.05, 4.69) is 9.98 Å². The van der Waals surface area contributed by atoms with Crippen molar-refractivity contribution in [2.24, 2.45) is 9.98 Å². The predicted molar refractivity (Wildman–Crippen MR) is 91.0 cm³/mol. The molecule has 2 aromatic carbocycles. The molecule has 0 N–H and O–H groups in total. The topological polar surface area (TPSA) is 64.8 Å². The number of hydrogen-bond acceptors (Lipinski definition) is 4. The zero-order valence-electron chi connectivity index (χ0n) is 12.8. The summed E-state index contributed by atoms with van der Waals surface area (Å²) in [7, 11) is 0. The van der Waals surface area contributed by atoms with E-state index in [1.807, 2.05) is 60.7 Å². The van der Waals surface area contributed by atoms with Gasteiger partial charge in [0.1, 0.15) is 0 Å². The molecule has 0 aliphatic heterocycles. The maximum atomic E-state index is 11.1. The quantitative estimate of drug-likeness (QED) is 0.554. The van der Waals surface area contributed by atoms with E-state index in [9.17, 15) is 9.90 Å². The molecule has 1 atom stereocenters. The van der Waals surface area contributed by atoms with Crippen molar-refractivity contribution in [1.82, 2.24) is 0 Å². The van der Waals surface area contributed by atoms with Gasteiger partial charge in [-0.05, 0) is 24.0 Å². The van der Waals surface area contributed by atoms with Crippen molar-refractivity contribution in [2.75, 3.05) is 6.54 Å². The number of carbonyl (C=O) groups excluding carboxylic acids is 1. The molecule has 4 heteroatoms. The Hall–Kier alpha value is -2.75. The Morgan fingerprint density at radius 1 is 0.957 bits per heavy atom. The lowest BCUT2D eigenvalue weighted by Crippen LogP contribution is -2.34. The molecule has 0 saturated carbocycles. The molecule has 0 aliphatic carbocycles. The first-order chi connectivity index (χ1) is 11.3. The van der Waals surface area contributed by atoms with E-state index in [4.69, 9.17) is 0 Å². The number of rotatable bonds is 8. The summed E-state index contributed by atoms with van der Waals surface area (Å²) in [4.78, 5) is 19.6. The Labute approximate surface area is 136 Å². The van der Waals surface area contributed by atoms with Crippen LogP contribution in [0.4, 0.5) is 0 Å². The minimum absolute atomic E-state index is 0.414. The number of hydrogen-bond donors (Lipinski definition) is 0. The molecule has 0 aliphatic rings. The molecule has 2 aromatic rings. The van der Waals surface area contributed by atoms with Gasteiger partial charge in [0.2, 0.25) is 0 Å². The SMILES string of the molecule is O=C([O-])C(CCCN=Cc1ccccc1)N=Cc1ccccc1. The second kappa shape index (κ2) is 9.30. The van der Waals surface area contributed by atoms with Crippen LogP contribution in [0.1, 0.15) is 24.0 Å². The summed E-state index contributed by atoms with van der Waals surface area (Å²) < 4.78 is 0. The Morgan fingerprint density at radius 2 is 1.52 bits per heavy atom. The highest BCUT2D eigenvalue weighted by Crippen LogP contribution is 2.04. The van der Waals surface area contributed by atoms with Gasteiger partial charge in [-0.25, -0.2) is 0 Å². The summed E-state index contributed by atoms with van der Waals surface area (Å²) in [6.07, 6.45) is 4.43. The van der Waals surface area contributed by atoms with Crippen LogP contribution in [0.25, 0.3) is 0 Å². The third kappa shape index (κ3) is 6.26. The smallest absolute Gasteiger partial charge is 0.0893 e. The average molecular weight is 307 g/mol. The average Bonchev–Trinajstić information content (AvgIpc) is 2.59. The van der Waals surface area contributed by atoms with E-state index in [0.29, 0.717) is 19.4 Å². The van der Waals surface area contributed by atoms with Crippen LogP contribution in [0.15, 0.2) is 70.6 Å². The predicted octanol–water partition coefficient (Wildman–Crippen LogP) is 2.12. The Morgan fingerprint density at radius 3 is 2.09 bits per heavy atom. The van der Waals surface area contributed by atoms with Gasteiger partial charge in [-0.3, -0.25) is 9.98 Å². The second-order valence-electron chi connectivity index (χ2n) is 5.11. The van der Waals surface area contributed by atoms with Crippen LogP contribution in [0.5, 0.6) is 0 Å². The molecule has 0 aromatic heterocycles. The van der Waals surface area contributed by atoms with Crippen LogP contribution in [-0.2, 0) is 4.79 Å². The van der Waals surface area contributed by atoms with Gasteiger partial charge >= 0.3 is 0 Å². The molecule has 0 fully saturated rings. The monoisotopic (exact) mass is 307 g/mol. The zero-order chi connectivity index (χ0) is 16.3. The van der Waals surface area contributed by atoms with E-state index < -0.39 is 12.0 Å². The number of nitrogens with zero attached hydrogens (tertiary/aromatic N) is 2. The van der Waals surface area contributed by atoms with Crippen molar-refractivity contribution in [3.8, 4) is 0 Å². The van der Waals surface area contributed by atoms with Crippen LogP contribution >= 0.6 is 0 Å². The molecule has 1 unspecified atom stereocenters. The maximum absolute atomic E-state index is 11.1. The summed E-state index contributed by atoms with van der Waals surface area (Å²) in [6, 6.07) is 18.4. The van der Waals surface area contributed by atoms with Gasteiger partial charge in [-0.15, -0.1) is 0 Å². The molecule has 0 saturated heterocycles. The Kier molecular flexibility index (Phi) is 6.72. The fourth-order valence-corrected chi connectivity index (χ4v) is 2.05. The lowest BCUT2D eigenvalue weighted by Gasteiger charge is -2.12. The van der Waals surface area contributed by atoms with Crippen LogP contribution in [0, 0.1) is 0 Å². The van der Waals surface area contributed by atoms with Gasteiger partial charge in [0.15, 0.2) is 0 Å². The first-order valence-electron chi connectivity index (χ1n) is 7.59. The minimum Gasteiger partial charge on any atom is -0.548 e. The highest BCUT2D eigenvalue weighted by Gasteiger charge is 2.06. The number of benzene rings is 2. The summed E-state index contributed by atoms with van der Waals surface area (Å²) >= 11 is 0. The number of aliphatic carboxylic acids is 1. The number of aliphatic imine (C=N–C) groups is 2. The first-order valence-corrected chi connectivity index (χ1v) is 7.59. The summed E-state index contributed by atoms with van der Waals surface area (Å²) in [6.45, 7) is 0.569. The third-order valence-corrected chi connectivity index (χ3v) is 3.28. The third-order valence-electron chi connectivity index (χ3n) is 3.28. The van der Waals surface area contributed by atoms with Gasteiger partial charge in [0.25, 0.3) is 0 Å². The van der Waals surface area contributed by atoms with E-state index in [-0.39, 0.29) is 0 Å². The van der Waals surface area contributed by atoms with Gasteiger partial charge in [-0.2, -0.15) is 0 Å². The highest BCUT2D eigenvalue weighted by atomic mass is 16.4. The molecule has 0 bridgehead atoms. The van der Waals surface area contributed by atoms with Crippen molar-refractivity contribution < 1.29 is 9.90 Å². The highest BCUT2D eigenvalue weighted by molar-refractivity contribution is 5.82. The van der Waals surface area contributed by atoms with Crippen LogP contribution in [-0.4, -0.2) is 31.0 Å². The van der Waals surface area contributed by atoms with Crippen molar-refractivity contribution in [3.63, 3.8) is 0 Å². The lowest BCUT2D eigenvalue weighted by atomic mass is 10.1. The van der Waals surface area contributed by atoms with Gasteiger partial charge in [-0.1, -0.05) is 60.7 Å². The van der Waals surface area contributed by atoms with E-state index in [1.54, 1.807) is 12.4 Å². The summed E-state index contributed by atoms with van der Waals surface area (Å²) in [5.74, 6) is -1.15. The number of carbonyl (C=O) groups is 1. The molecule has 0 heterocycles. The lowest BCUT2D eigenvalue weighted by molar-refractivity contribution is -0.307. The van der Waals surface area contributed by atoms with Gasteiger partial charge < -0.3 is 9.90 Å². The fourth-order valence-electron chi connectivity index (χ4n) is 2.05. The van der Waals surface area contributed by atoms with E-state index in [0.717, 1.165) is 11.1 Å². The Balaban J connectivity index is 1.80. The van der Waals surface area contributed by atoms with Crippen LogP contribution in [0.3, 0.4) is 0 Å². The number of carboxylic acids is 1. The molecule has 23 heavy (non-hydrogen) atoms. The maximum Gasteiger partial charge on any atom is 0.0893 e. The molecule has 118 valence electrons. The summed E-state index contributed by atoms with van der Waals surface area (Å²) in [5, 5.41) is 11.1. The van der Waals surface area contributed by atoms with Crippen molar-refractivity contribution >= 4 is 18.4 Å². The van der Waals surface area contributed by atoms with Gasteiger partial charge in [0, 0.05) is 19.0 Å². The van der Waals surface area contributed by atoms with Crippen LogP contribution in [0.2, 0.25) is 0 Å². The fraction of sp³-hybridized carbons (Fsp3) is 0.211. The molecule has 0 radical (unpaired) electrons. The molecule has 4 nitrogen and oxygen atoms in total. The van der Waals surface area contributed by atoms with E-state index >= 15 is 0 Å². The van der Waals surface area contributed by atoms with Crippen LogP contribution < -0.4 is 5.11 Å². The molecule has 0 spiro atoms. The minimum atomic E-state index is -1.15. The molecular weight excluding hydrogens is 288 g/mol. The summed E-state index contributed by atoms with van der Waals surface area (Å²) in [5.41, 5.74) is 1.91. The Bertz CT molecular complexity index is 652. The van der Waals surface area contributed by atoms with Crippen molar-refractivity contribution in [1.29, 1.82) is 0 Å². The van der Waals surface area contributed by atoms with E-state index in [1.165, 1.54) is 0 Å². The number of carboxylic acid groups (broad SMARTS) is 1. The zero-order valence-corrected chi connectivity index (χ0v) is 12.8.